The van der Waals surface area contributed by atoms with E-state index in [1.54, 1.807) is 0 Å². The van der Waals surface area contributed by atoms with Crippen molar-refractivity contribution in [2.75, 3.05) is 6.61 Å². The van der Waals surface area contributed by atoms with Crippen molar-refractivity contribution in [1.82, 2.24) is 0 Å². The molecule has 68 valence electrons. The van der Waals surface area contributed by atoms with Crippen LogP contribution in [0.1, 0.15) is 25.7 Å². The molecule has 1 heterocycles. The van der Waals surface area contributed by atoms with E-state index in [2.05, 4.69) is 0 Å². The SMILES string of the molecule is O=C(O)C1CC[C@H]2OCC[C@H]2C1. The van der Waals surface area contributed by atoms with Crippen LogP contribution in [0.25, 0.3) is 0 Å². The van der Waals surface area contributed by atoms with E-state index in [0.717, 1.165) is 32.3 Å². The minimum absolute atomic E-state index is 0.104. The van der Waals surface area contributed by atoms with Gasteiger partial charge in [-0.2, -0.15) is 0 Å². The van der Waals surface area contributed by atoms with E-state index in [1.807, 2.05) is 0 Å². The van der Waals surface area contributed by atoms with Gasteiger partial charge in [0.25, 0.3) is 0 Å². The molecule has 0 aromatic heterocycles. The Balaban J connectivity index is 1.96. The molecule has 2 rings (SSSR count). The predicted octanol–water partition coefficient (Wildman–Crippen LogP) is 1.28. The fourth-order valence-corrected chi connectivity index (χ4v) is 2.35. The highest BCUT2D eigenvalue weighted by molar-refractivity contribution is 5.70. The molecule has 0 radical (unpaired) electrons. The molecular formula is C9H14O3. The second kappa shape index (κ2) is 3.05. The summed E-state index contributed by atoms with van der Waals surface area (Å²) in [6.45, 7) is 0.835. The summed E-state index contributed by atoms with van der Waals surface area (Å²) in [5, 5.41) is 8.82. The minimum Gasteiger partial charge on any atom is -0.481 e. The summed E-state index contributed by atoms with van der Waals surface area (Å²) < 4.78 is 5.49. The average molecular weight is 170 g/mol. The van der Waals surface area contributed by atoms with E-state index in [1.165, 1.54) is 0 Å². The van der Waals surface area contributed by atoms with Crippen molar-refractivity contribution in [3.8, 4) is 0 Å². The van der Waals surface area contributed by atoms with Crippen LogP contribution < -0.4 is 0 Å². The largest absolute Gasteiger partial charge is 0.481 e. The van der Waals surface area contributed by atoms with Crippen molar-refractivity contribution in [2.45, 2.75) is 31.8 Å². The van der Waals surface area contributed by atoms with Crippen LogP contribution in [0.15, 0.2) is 0 Å². The monoisotopic (exact) mass is 170 g/mol. The van der Waals surface area contributed by atoms with Crippen LogP contribution in [0, 0.1) is 11.8 Å². The number of carboxylic acids is 1. The molecule has 12 heavy (non-hydrogen) atoms. The third-order valence-electron chi connectivity index (χ3n) is 3.08. The Bertz CT molecular complexity index is 190. The number of carboxylic acid groups (broad SMARTS) is 1. The molecule has 0 aromatic carbocycles. The van der Waals surface area contributed by atoms with Gasteiger partial charge in [-0.3, -0.25) is 4.79 Å². The van der Waals surface area contributed by atoms with E-state index >= 15 is 0 Å². The highest BCUT2D eigenvalue weighted by Crippen LogP contribution is 2.37. The first-order valence-corrected chi connectivity index (χ1v) is 4.62. The van der Waals surface area contributed by atoms with Gasteiger partial charge in [-0.25, -0.2) is 0 Å². The summed E-state index contributed by atoms with van der Waals surface area (Å²) in [7, 11) is 0. The second-order valence-corrected chi connectivity index (χ2v) is 3.81. The van der Waals surface area contributed by atoms with Gasteiger partial charge < -0.3 is 9.84 Å². The Hall–Kier alpha value is -0.570. The van der Waals surface area contributed by atoms with Crippen molar-refractivity contribution in [1.29, 1.82) is 0 Å². The minimum atomic E-state index is -0.625. The third kappa shape index (κ3) is 1.33. The zero-order valence-corrected chi connectivity index (χ0v) is 7.03. The van der Waals surface area contributed by atoms with Crippen LogP contribution in [-0.4, -0.2) is 23.8 Å². The molecule has 1 saturated heterocycles. The number of aliphatic carboxylic acids is 1. The Morgan fingerprint density at radius 2 is 2.17 bits per heavy atom. The second-order valence-electron chi connectivity index (χ2n) is 3.81. The molecule has 2 fully saturated rings. The lowest BCUT2D eigenvalue weighted by atomic mass is 9.79. The third-order valence-corrected chi connectivity index (χ3v) is 3.08. The average Bonchev–Trinajstić information content (AvgIpc) is 2.49. The van der Waals surface area contributed by atoms with Gasteiger partial charge in [-0.1, -0.05) is 0 Å². The Morgan fingerprint density at radius 1 is 1.33 bits per heavy atom. The lowest BCUT2D eigenvalue weighted by molar-refractivity contribution is -0.144. The van der Waals surface area contributed by atoms with E-state index in [4.69, 9.17) is 9.84 Å². The maximum Gasteiger partial charge on any atom is 0.306 e. The molecule has 2 aliphatic rings. The van der Waals surface area contributed by atoms with Gasteiger partial charge in [0.2, 0.25) is 0 Å². The van der Waals surface area contributed by atoms with Crippen LogP contribution in [0.4, 0.5) is 0 Å². The topological polar surface area (TPSA) is 46.5 Å². The smallest absolute Gasteiger partial charge is 0.306 e. The Morgan fingerprint density at radius 3 is 2.92 bits per heavy atom. The summed E-state index contributed by atoms with van der Waals surface area (Å²) in [6.07, 6.45) is 4.02. The van der Waals surface area contributed by atoms with E-state index in [9.17, 15) is 4.79 Å². The summed E-state index contributed by atoms with van der Waals surface area (Å²) in [5.41, 5.74) is 0. The van der Waals surface area contributed by atoms with Gasteiger partial charge in [-0.15, -0.1) is 0 Å². The standard InChI is InChI=1S/C9H14O3/c10-9(11)7-1-2-8-6(5-7)3-4-12-8/h6-8H,1-5H2,(H,10,11)/t6-,7?,8+/m0/s1. The molecule has 3 atom stereocenters. The van der Waals surface area contributed by atoms with E-state index in [0.29, 0.717) is 12.0 Å². The van der Waals surface area contributed by atoms with Gasteiger partial charge in [0, 0.05) is 6.61 Å². The fraction of sp³-hybridized carbons (Fsp3) is 0.889. The van der Waals surface area contributed by atoms with Crippen LogP contribution in [0.3, 0.4) is 0 Å². The highest BCUT2D eigenvalue weighted by Gasteiger charge is 2.37. The molecule has 1 saturated carbocycles. The van der Waals surface area contributed by atoms with Gasteiger partial charge in [0.05, 0.1) is 12.0 Å². The molecule has 1 aliphatic carbocycles. The normalized spacial score (nSPS) is 40.8. The molecule has 1 N–H and O–H groups in total. The highest BCUT2D eigenvalue weighted by atomic mass is 16.5. The van der Waals surface area contributed by atoms with E-state index < -0.39 is 5.97 Å². The molecule has 0 amide bonds. The van der Waals surface area contributed by atoms with Gasteiger partial charge in [-0.05, 0) is 31.6 Å². The van der Waals surface area contributed by atoms with Crippen LogP contribution in [0.2, 0.25) is 0 Å². The molecule has 0 spiro atoms. The van der Waals surface area contributed by atoms with Crippen molar-refractivity contribution in [2.24, 2.45) is 11.8 Å². The first kappa shape index (κ1) is 8.05. The molecule has 3 nitrogen and oxygen atoms in total. The van der Waals surface area contributed by atoms with Gasteiger partial charge in [0.1, 0.15) is 0 Å². The summed E-state index contributed by atoms with van der Waals surface area (Å²) in [4.78, 5) is 10.7. The van der Waals surface area contributed by atoms with Crippen molar-refractivity contribution in [3.63, 3.8) is 0 Å². The quantitative estimate of drug-likeness (QED) is 0.644. The summed E-state index contributed by atoms with van der Waals surface area (Å²) in [5.74, 6) is -0.201. The fourth-order valence-electron chi connectivity index (χ4n) is 2.35. The van der Waals surface area contributed by atoms with Crippen LogP contribution >= 0.6 is 0 Å². The number of carbonyl (C=O) groups is 1. The number of hydrogen-bond acceptors (Lipinski definition) is 2. The van der Waals surface area contributed by atoms with Gasteiger partial charge >= 0.3 is 5.97 Å². The van der Waals surface area contributed by atoms with Crippen molar-refractivity contribution in [3.05, 3.63) is 0 Å². The molecule has 1 aliphatic heterocycles. The number of hydrogen-bond donors (Lipinski definition) is 1. The molecule has 0 aromatic rings. The number of rotatable bonds is 1. The maximum absolute atomic E-state index is 10.7. The molecule has 1 unspecified atom stereocenters. The number of fused-ring (bicyclic) bond motifs is 1. The first-order chi connectivity index (χ1) is 5.77. The zero-order valence-electron chi connectivity index (χ0n) is 7.03. The van der Waals surface area contributed by atoms with Crippen LogP contribution in [0.5, 0.6) is 0 Å². The lowest BCUT2D eigenvalue weighted by Gasteiger charge is -2.28. The number of ether oxygens (including phenoxy) is 1. The molecule has 0 bridgehead atoms. The van der Waals surface area contributed by atoms with Gasteiger partial charge in [0.15, 0.2) is 0 Å². The Kier molecular flexibility index (Phi) is 2.05. The maximum atomic E-state index is 10.7. The Labute approximate surface area is 71.7 Å². The summed E-state index contributed by atoms with van der Waals surface area (Å²) >= 11 is 0. The summed E-state index contributed by atoms with van der Waals surface area (Å²) in [6, 6.07) is 0. The van der Waals surface area contributed by atoms with Crippen molar-refractivity contribution >= 4 is 5.97 Å². The van der Waals surface area contributed by atoms with Crippen molar-refractivity contribution < 1.29 is 14.6 Å². The molecular weight excluding hydrogens is 156 g/mol. The van der Waals surface area contributed by atoms with E-state index in [-0.39, 0.29) is 5.92 Å². The zero-order chi connectivity index (χ0) is 8.55. The predicted molar refractivity (Wildman–Crippen MR) is 42.8 cm³/mol. The first-order valence-electron chi connectivity index (χ1n) is 4.62. The molecule has 3 heteroatoms. The van der Waals surface area contributed by atoms with Crippen LogP contribution in [-0.2, 0) is 9.53 Å². The lowest BCUT2D eigenvalue weighted by Crippen LogP contribution is -2.29.